The summed E-state index contributed by atoms with van der Waals surface area (Å²) in [6.07, 6.45) is 3.11. The Hall–Kier alpha value is -1.66. The predicted octanol–water partition coefficient (Wildman–Crippen LogP) is 0.840. The molecule has 7 heteroatoms. The van der Waals surface area contributed by atoms with Gasteiger partial charge < -0.3 is 15.3 Å². The van der Waals surface area contributed by atoms with Crippen LogP contribution >= 0.6 is 0 Å². The summed E-state index contributed by atoms with van der Waals surface area (Å²) in [5.74, 6) is -0.413. The molecular formula is C7H12N3O4+. The molecule has 0 atom stereocenters. The van der Waals surface area contributed by atoms with Crippen molar-refractivity contribution in [3.63, 3.8) is 0 Å². The monoisotopic (exact) mass is 202 g/mol. The minimum Gasteiger partial charge on any atom is -0.358 e. The summed E-state index contributed by atoms with van der Waals surface area (Å²) in [5, 5.41) is 22.6. The molecule has 1 heterocycles. The van der Waals surface area contributed by atoms with Gasteiger partial charge in [0.15, 0.2) is 0 Å². The van der Waals surface area contributed by atoms with E-state index in [4.69, 9.17) is 5.21 Å². The molecule has 78 valence electrons. The fraction of sp³-hybridized carbons (Fsp3) is 0.714. The molecule has 0 fully saturated rings. The number of nitro groups is 1. The molecular weight excluding hydrogens is 190 g/mol. The van der Waals surface area contributed by atoms with Crippen LogP contribution in [-0.2, 0) is 6.42 Å². The van der Waals surface area contributed by atoms with Gasteiger partial charge in [-0.25, -0.2) is 0 Å². The van der Waals surface area contributed by atoms with Gasteiger partial charge in [0, 0.05) is 6.42 Å². The number of unbranched alkanes of at least 4 members (excludes halogenated alkanes) is 2. The molecule has 1 aromatic rings. The molecule has 0 aliphatic heterocycles. The van der Waals surface area contributed by atoms with Crippen molar-refractivity contribution >= 4 is 5.82 Å². The van der Waals surface area contributed by atoms with E-state index in [0.717, 1.165) is 19.3 Å². The molecule has 0 saturated heterocycles. The first-order valence-electron chi connectivity index (χ1n) is 4.41. The molecule has 0 saturated carbocycles. The van der Waals surface area contributed by atoms with E-state index in [0.29, 0.717) is 11.3 Å². The van der Waals surface area contributed by atoms with Crippen LogP contribution in [0.4, 0.5) is 5.82 Å². The van der Waals surface area contributed by atoms with Crippen molar-refractivity contribution in [3.05, 3.63) is 15.8 Å². The van der Waals surface area contributed by atoms with Crippen molar-refractivity contribution in [1.29, 1.82) is 0 Å². The standard InChI is InChI=1S/C7H12N3O4/c1-2-3-4-5-6-7(9(11)12)8-14-10(6)13/h13H,2-5H2,1H3/q+1. The first-order chi connectivity index (χ1) is 6.66. The highest BCUT2D eigenvalue weighted by Gasteiger charge is 2.29. The lowest BCUT2D eigenvalue weighted by Crippen LogP contribution is -2.32. The van der Waals surface area contributed by atoms with Crippen LogP contribution < -0.4 is 4.90 Å². The molecule has 7 nitrogen and oxygen atoms in total. The quantitative estimate of drug-likeness (QED) is 0.330. The Bertz CT molecular complexity index is 323. The molecule has 0 spiro atoms. The maximum atomic E-state index is 10.4. The zero-order valence-electron chi connectivity index (χ0n) is 7.84. The third-order valence-corrected chi connectivity index (χ3v) is 1.88. The molecule has 0 unspecified atom stereocenters. The zero-order valence-corrected chi connectivity index (χ0v) is 7.84. The summed E-state index contributed by atoms with van der Waals surface area (Å²) in [6, 6.07) is 0. The molecule has 0 aliphatic carbocycles. The van der Waals surface area contributed by atoms with Crippen LogP contribution in [0, 0.1) is 10.1 Å². The maximum Gasteiger partial charge on any atom is 0.465 e. The summed E-state index contributed by atoms with van der Waals surface area (Å²) < 4.78 is 4.27. The minimum absolute atomic E-state index is 0.114. The Kier molecular flexibility index (Phi) is 3.38. The average Bonchev–Trinajstić information content (AvgIpc) is 2.48. The van der Waals surface area contributed by atoms with E-state index < -0.39 is 10.7 Å². The van der Waals surface area contributed by atoms with Crippen LogP contribution in [0.3, 0.4) is 0 Å². The van der Waals surface area contributed by atoms with E-state index in [2.05, 4.69) is 9.79 Å². The molecule has 0 bridgehead atoms. The Balaban J connectivity index is 2.72. The van der Waals surface area contributed by atoms with Crippen molar-refractivity contribution in [2.24, 2.45) is 0 Å². The number of rotatable bonds is 5. The van der Waals surface area contributed by atoms with Gasteiger partial charge >= 0.3 is 5.82 Å². The summed E-state index contributed by atoms with van der Waals surface area (Å²) in [5.41, 5.74) is 0.114. The van der Waals surface area contributed by atoms with Crippen molar-refractivity contribution in [3.8, 4) is 0 Å². The zero-order chi connectivity index (χ0) is 10.6. The lowest BCUT2D eigenvalue weighted by Gasteiger charge is -1.92. The van der Waals surface area contributed by atoms with E-state index in [1.54, 1.807) is 0 Å². The summed E-state index contributed by atoms with van der Waals surface area (Å²) in [4.78, 5) is 10.1. The van der Waals surface area contributed by atoms with Crippen molar-refractivity contribution in [2.45, 2.75) is 32.6 Å². The molecule has 0 aromatic carbocycles. The minimum atomic E-state index is -0.669. The van der Waals surface area contributed by atoms with Gasteiger partial charge in [-0.05, 0) is 16.0 Å². The van der Waals surface area contributed by atoms with Crippen molar-refractivity contribution in [1.82, 2.24) is 5.16 Å². The van der Waals surface area contributed by atoms with E-state index in [9.17, 15) is 10.1 Å². The summed E-state index contributed by atoms with van der Waals surface area (Å²) in [7, 11) is 0. The lowest BCUT2D eigenvalue weighted by molar-refractivity contribution is -1.04. The molecule has 1 N–H and O–H groups in total. The van der Waals surface area contributed by atoms with Crippen molar-refractivity contribution < 1.29 is 19.7 Å². The van der Waals surface area contributed by atoms with Gasteiger partial charge in [-0.3, -0.25) is 0 Å². The third-order valence-electron chi connectivity index (χ3n) is 1.88. The van der Waals surface area contributed by atoms with Gasteiger partial charge in [-0.15, -0.1) is 0 Å². The maximum absolute atomic E-state index is 10.4. The highest BCUT2D eigenvalue weighted by Crippen LogP contribution is 2.13. The largest absolute Gasteiger partial charge is 0.465 e. The molecule has 1 rings (SSSR count). The van der Waals surface area contributed by atoms with E-state index >= 15 is 0 Å². The van der Waals surface area contributed by atoms with E-state index in [-0.39, 0.29) is 5.69 Å². The SMILES string of the molecule is CCCCCc1c([N+](=O)[O-])no[n+]1O. The van der Waals surface area contributed by atoms with Crippen LogP contribution in [0.15, 0.2) is 4.63 Å². The average molecular weight is 202 g/mol. The third kappa shape index (κ3) is 2.18. The Morgan fingerprint density at radius 1 is 1.64 bits per heavy atom. The highest BCUT2D eigenvalue weighted by atomic mass is 16.8. The summed E-state index contributed by atoms with van der Waals surface area (Å²) >= 11 is 0. The first-order valence-corrected chi connectivity index (χ1v) is 4.41. The van der Waals surface area contributed by atoms with Crippen LogP contribution in [0.5, 0.6) is 0 Å². The Morgan fingerprint density at radius 3 is 2.93 bits per heavy atom. The molecule has 0 amide bonds. The number of hydrogen-bond acceptors (Lipinski definition) is 5. The number of hydrogen-bond donors (Lipinski definition) is 1. The Morgan fingerprint density at radius 2 is 2.36 bits per heavy atom. The normalized spacial score (nSPS) is 10.4. The summed E-state index contributed by atoms with van der Waals surface area (Å²) in [6.45, 7) is 2.02. The van der Waals surface area contributed by atoms with Gasteiger partial charge in [-0.2, -0.15) is 0 Å². The second-order valence-corrected chi connectivity index (χ2v) is 2.93. The smallest absolute Gasteiger partial charge is 0.358 e. The lowest BCUT2D eigenvalue weighted by atomic mass is 10.1. The van der Waals surface area contributed by atoms with Crippen LogP contribution in [-0.4, -0.2) is 15.3 Å². The van der Waals surface area contributed by atoms with Gasteiger partial charge in [0.25, 0.3) is 5.69 Å². The van der Waals surface area contributed by atoms with Crippen LogP contribution in [0.2, 0.25) is 0 Å². The second kappa shape index (κ2) is 4.54. The van der Waals surface area contributed by atoms with Gasteiger partial charge in [0.2, 0.25) is 5.16 Å². The fourth-order valence-corrected chi connectivity index (χ4v) is 1.15. The van der Waals surface area contributed by atoms with E-state index in [1.807, 2.05) is 6.92 Å². The van der Waals surface area contributed by atoms with Gasteiger partial charge in [-0.1, -0.05) is 19.8 Å². The van der Waals surface area contributed by atoms with Crippen molar-refractivity contribution in [2.75, 3.05) is 0 Å². The first kappa shape index (κ1) is 10.4. The van der Waals surface area contributed by atoms with E-state index in [1.165, 1.54) is 0 Å². The highest BCUT2D eigenvalue weighted by molar-refractivity contribution is 5.18. The molecule has 0 radical (unpaired) electrons. The Labute approximate surface area is 80.0 Å². The van der Waals surface area contributed by atoms with Gasteiger partial charge in [0.1, 0.15) is 4.90 Å². The van der Waals surface area contributed by atoms with Crippen LogP contribution in [0.25, 0.3) is 0 Å². The molecule has 0 aliphatic rings. The molecule has 1 aromatic heterocycles. The van der Waals surface area contributed by atoms with Gasteiger partial charge in [0.05, 0.1) is 0 Å². The van der Waals surface area contributed by atoms with Crippen LogP contribution in [0.1, 0.15) is 31.9 Å². The topological polar surface area (TPSA) is 93.3 Å². The molecule has 14 heavy (non-hydrogen) atoms. The number of aromatic nitrogens is 2. The second-order valence-electron chi connectivity index (χ2n) is 2.93. The fourth-order valence-electron chi connectivity index (χ4n) is 1.15. The number of nitrogens with zero attached hydrogens (tertiary/aromatic N) is 3. The predicted molar refractivity (Wildman–Crippen MR) is 43.8 cm³/mol.